The van der Waals surface area contributed by atoms with Crippen LogP contribution in [0.2, 0.25) is 0 Å². The quantitative estimate of drug-likeness (QED) is 0.813. The van der Waals surface area contributed by atoms with Crippen molar-refractivity contribution in [3.63, 3.8) is 0 Å². The number of carbonyl (C=O) groups excluding carboxylic acids is 1. The molecule has 1 amide bonds. The molecule has 19 heavy (non-hydrogen) atoms. The van der Waals surface area contributed by atoms with Gasteiger partial charge in [-0.05, 0) is 45.1 Å². The average Bonchev–Trinajstić information content (AvgIpc) is 2.39. The van der Waals surface area contributed by atoms with E-state index in [2.05, 4.69) is 10.6 Å². The summed E-state index contributed by atoms with van der Waals surface area (Å²) in [6.45, 7) is 1.63. The first-order chi connectivity index (χ1) is 8.97. The number of rotatable bonds is 2. The standard InChI is InChI=1S/C13H21F3N2O/c14-13(15,16)10-3-5-11(6-4-10)18-12(19)9-2-1-7-17-8-9/h9-11,17H,1-8H2,(H,18,19)/t9-,10?,11?/m0/s1. The zero-order valence-corrected chi connectivity index (χ0v) is 10.9. The summed E-state index contributed by atoms with van der Waals surface area (Å²) >= 11 is 0. The predicted molar refractivity (Wildman–Crippen MR) is 65.5 cm³/mol. The van der Waals surface area contributed by atoms with Crippen molar-refractivity contribution < 1.29 is 18.0 Å². The maximum Gasteiger partial charge on any atom is 0.391 e. The molecule has 0 unspecified atom stereocenters. The van der Waals surface area contributed by atoms with Crippen LogP contribution >= 0.6 is 0 Å². The summed E-state index contributed by atoms with van der Waals surface area (Å²) in [5.74, 6) is -1.20. The number of hydrogen-bond donors (Lipinski definition) is 2. The van der Waals surface area contributed by atoms with Crippen molar-refractivity contribution in [2.75, 3.05) is 13.1 Å². The van der Waals surface area contributed by atoms with Gasteiger partial charge >= 0.3 is 6.18 Å². The minimum Gasteiger partial charge on any atom is -0.353 e. The number of nitrogens with one attached hydrogen (secondary N) is 2. The van der Waals surface area contributed by atoms with E-state index in [1.165, 1.54) is 0 Å². The summed E-state index contributed by atoms with van der Waals surface area (Å²) in [5, 5.41) is 6.08. The summed E-state index contributed by atoms with van der Waals surface area (Å²) in [5.41, 5.74) is 0. The van der Waals surface area contributed by atoms with Gasteiger partial charge in [0.2, 0.25) is 5.91 Å². The number of amides is 1. The third-order valence-electron chi connectivity index (χ3n) is 4.20. The van der Waals surface area contributed by atoms with Crippen molar-refractivity contribution >= 4 is 5.91 Å². The molecule has 0 bridgehead atoms. The number of alkyl halides is 3. The lowest BCUT2D eigenvalue weighted by Crippen LogP contribution is -2.46. The van der Waals surface area contributed by atoms with Gasteiger partial charge in [0, 0.05) is 12.6 Å². The van der Waals surface area contributed by atoms with Crippen LogP contribution in [-0.2, 0) is 4.79 Å². The largest absolute Gasteiger partial charge is 0.391 e. The molecule has 0 aromatic heterocycles. The molecular formula is C13H21F3N2O. The van der Waals surface area contributed by atoms with Gasteiger partial charge in [0.05, 0.1) is 11.8 Å². The fourth-order valence-electron chi connectivity index (χ4n) is 2.96. The predicted octanol–water partition coefficient (Wildman–Crippen LogP) is 2.22. The Hall–Kier alpha value is -0.780. The molecule has 1 heterocycles. The van der Waals surface area contributed by atoms with Gasteiger partial charge in [-0.1, -0.05) is 0 Å². The van der Waals surface area contributed by atoms with Gasteiger partial charge in [-0.2, -0.15) is 13.2 Å². The number of carbonyl (C=O) groups is 1. The molecule has 0 aromatic rings. The van der Waals surface area contributed by atoms with Crippen molar-refractivity contribution in [2.24, 2.45) is 11.8 Å². The van der Waals surface area contributed by atoms with Crippen LogP contribution in [0.1, 0.15) is 38.5 Å². The Morgan fingerprint density at radius 1 is 1.11 bits per heavy atom. The smallest absolute Gasteiger partial charge is 0.353 e. The molecular weight excluding hydrogens is 257 g/mol. The summed E-state index contributed by atoms with van der Waals surface area (Å²) in [6.07, 6.45) is -1.07. The molecule has 0 radical (unpaired) electrons. The molecule has 1 saturated heterocycles. The molecule has 3 nitrogen and oxygen atoms in total. The summed E-state index contributed by atoms with van der Waals surface area (Å²) in [6, 6.07) is -0.0759. The molecule has 2 fully saturated rings. The third-order valence-corrected chi connectivity index (χ3v) is 4.20. The third kappa shape index (κ3) is 4.09. The highest BCUT2D eigenvalue weighted by molar-refractivity contribution is 5.79. The van der Waals surface area contributed by atoms with Crippen molar-refractivity contribution in [1.82, 2.24) is 10.6 Å². The van der Waals surface area contributed by atoms with Gasteiger partial charge < -0.3 is 10.6 Å². The second kappa shape index (κ2) is 6.11. The lowest BCUT2D eigenvalue weighted by Gasteiger charge is -2.31. The van der Waals surface area contributed by atoms with Crippen LogP contribution in [-0.4, -0.2) is 31.2 Å². The maximum absolute atomic E-state index is 12.5. The molecule has 1 aliphatic carbocycles. The van der Waals surface area contributed by atoms with E-state index >= 15 is 0 Å². The van der Waals surface area contributed by atoms with E-state index in [1.807, 2.05) is 0 Å². The van der Waals surface area contributed by atoms with E-state index in [4.69, 9.17) is 0 Å². The van der Waals surface area contributed by atoms with Crippen LogP contribution < -0.4 is 10.6 Å². The Morgan fingerprint density at radius 2 is 1.79 bits per heavy atom. The van der Waals surface area contributed by atoms with Gasteiger partial charge in [-0.3, -0.25) is 4.79 Å². The minimum absolute atomic E-state index is 0.00246. The fraction of sp³-hybridized carbons (Fsp3) is 0.923. The van der Waals surface area contributed by atoms with Gasteiger partial charge in [-0.15, -0.1) is 0 Å². The summed E-state index contributed by atoms with van der Waals surface area (Å²) in [7, 11) is 0. The summed E-state index contributed by atoms with van der Waals surface area (Å²) < 4.78 is 37.6. The van der Waals surface area contributed by atoms with Crippen molar-refractivity contribution in [2.45, 2.75) is 50.7 Å². The molecule has 1 atom stereocenters. The summed E-state index contributed by atoms with van der Waals surface area (Å²) in [4.78, 5) is 12.0. The van der Waals surface area contributed by atoms with Crippen molar-refractivity contribution in [3.8, 4) is 0 Å². The molecule has 2 rings (SSSR count). The minimum atomic E-state index is -4.08. The van der Waals surface area contributed by atoms with E-state index in [-0.39, 0.29) is 30.7 Å². The number of halogens is 3. The Balaban J connectivity index is 1.74. The lowest BCUT2D eigenvalue weighted by molar-refractivity contribution is -0.182. The first-order valence-corrected chi connectivity index (χ1v) is 7.04. The van der Waals surface area contributed by atoms with Crippen LogP contribution in [0.4, 0.5) is 13.2 Å². The fourth-order valence-corrected chi connectivity index (χ4v) is 2.96. The maximum atomic E-state index is 12.5. The first kappa shape index (κ1) is 14.6. The second-order valence-corrected chi connectivity index (χ2v) is 5.64. The van der Waals surface area contributed by atoms with Crippen molar-refractivity contribution in [1.29, 1.82) is 0 Å². The van der Waals surface area contributed by atoms with Crippen LogP contribution in [0.5, 0.6) is 0 Å². The molecule has 110 valence electrons. The van der Waals surface area contributed by atoms with Crippen molar-refractivity contribution in [3.05, 3.63) is 0 Å². The van der Waals surface area contributed by atoms with Gasteiger partial charge in [-0.25, -0.2) is 0 Å². The first-order valence-electron chi connectivity index (χ1n) is 7.04. The Bertz CT molecular complexity index is 306. The monoisotopic (exact) mass is 278 g/mol. The topological polar surface area (TPSA) is 41.1 Å². The van der Waals surface area contributed by atoms with E-state index in [9.17, 15) is 18.0 Å². The average molecular weight is 278 g/mol. The molecule has 2 N–H and O–H groups in total. The van der Waals surface area contributed by atoms with E-state index < -0.39 is 12.1 Å². The highest BCUT2D eigenvalue weighted by Gasteiger charge is 2.41. The highest BCUT2D eigenvalue weighted by atomic mass is 19.4. The van der Waals surface area contributed by atoms with Gasteiger partial charge in [0.15, 0.2) is 0 Å². The normalized spacial score (nSPS) is 32.9. The van der Waals surface area contributed by atoms with Gasteiger partial charge in [0.25, 0.3) is 0 Å². The van der Waals surface area contributed by atoms with Crippen LogP contribution in [0.15, 0.2) is 0 Å². The zero-order valence-electron chi connectivity index (χ0n) is 10.9. The molecule has 0 spiro atoms. The number of hydrogen-bond acceptors (Lipinski definition) is 2. The lowest BCUT2D eigenvalue weighted by atomic mass is 9.85. The molecule has 1 aliphatic heterocycles. The van der Waals surface area contributed by atoms with E-state index in [1.54, 1.807) is 0 Å². The van der Waals surface area contributed by atoms with Crippen LogP contribution in [0.25, 0.3) is 0 Å². The molecule has 6 heteroatoms. The molecule has 2 aliphatic rings. The second-order valence-electron chi connectivity index (χ2n) is 5.64. The SMILES string of the molecule is O=C(NC1CCC(C(F)(F)F)CC1)[C@H]1CCCNC1. The van der Waals surface area contributed by atoms with Crippen LogP contribution in [0.3, 0.4) is 0 Å². The Morgan fingerprint density at radius 3 is 2.32 bits per heavy atom. The van der Waals surface area contributed by atoms with Crippen LogP contribution in [0, 0.1) is 11.8 Å². The van der Waals surface area contributed by atoms with E-state index in [0.717, 1.165) is 19.4 Å². The molecule has 0 aromatic carbocycles. The van der Waals surface area contributed by atoms with E-state index in [0.29, 0.717) is 19.4 Å². The zero-order chi connectivity index (χ0) is 13.9. The van der Waals surface area contributed by atoms with Gasteiger partial charge in [0.1, 0.15) is 0 Å². The highest BCUT2D eigenvalue weighted by Crippen LogP contribution is 2.37. The molecule has 1 saturated carbocycles. The Labute approximate surface area is 111 Å². The Kier molecular flexibility index (Phi) is 4.71. The number of piperidine rings is 1.